The minimum absolute atomic E-state index is 0.181. The lowest BCUT2D eigenvalue weighted by molar-refractivity contribution is 0.225. The number of amides is 2. The molecule has 0 bridgehead atoms. The summed E-state index contributed by atoms with van der Waals surface area (Å²) in [5.74, 6) is 6.18. The van der Waals surface area contributed by atoms with Crippen LogP contribution in [0.3, 0.4) is 0 Å². The number of carbonyl (C=O) groups is 1. The summed E-state index contributed by atoms with van der Waals surface area (Å²) in [5, 5.41) is 15.1. The van der Waals surface area contributed by atoms with E-state index in [0.717, 1.165) is 16.7 Å². The second kappa shape index (κ2) is 9.23. The molecular weight excluding hydrogens is 336 g/mol. The van der Waals surface area contributed by atoms with Gasteiger partial charge in [0.05, 0.1) is 12.6 Å². The van der Waals surface area contributed by atoms with Gasteiger partial charge in [0.1, 0.15) is 0 Å². The lowest BCUT2D eigenvalue weighted by atomic mass is 10.1. The van der Waals surface area contributed by atoms with Gasteiger partial charge in [0.15, 0.2) is 0 Å². The highest BCUT2D eigenvalue weighted by Gasteiger charge is 2.13. The molecule has 0 aromatic heterocycles. The van der Waals surface area contributed by atoms with Gasteiger partial charge in [-0.1, -0.05) is 66.4 Å². The predicted octanol–water partition coefficient (Wildman–Crippen LogP) is 3.94. The summed E-state index contributed by atoms with van der Waals surface area (Å²) in [6.45, 7) is -0.181. The fourth-order valence-electron chi connectivity index (χ4n) is 2.59. The second-order valence-electron chi connectivity index (χ2n) is 5.94. The average Bonchev–Trinajstić information content (AvgIpc) is 2.72. The summed E-state index contributed by atoms with van der Waals surface area (Å²) in [7, 11) is 0. The maximum atomic E-state index is 12.3. The summed E-state index contributed by atoms with van der Waals surface area (Å²) < 4.78 is 0. The number of aliphatic hydroxyl groups excluding tert-OH is 1. The molecule has 134 valence electrons. The highest BCUT2D eigenvalue weighted by atomic mass is 16.3. The van der Waals surface area contributed by atoms with Gasteiger partial charge in [-0.2, -0.15) is 0 Å². The Morgan fingerprint density at radius 2 is 1.48 bits per heavy atom. The van der Waals surface area contributed by atoms with E-state index in [0.29, 0.717) is 5.69 Å². The first kappa shape index (κ1) is 18.2. The number of nitrogens with one attached hydrogen (secondary N) is 2. The zero-order valence-electron chi connectivity index (χ0n) is 14.7. The first-order valence-electron chi connectivity index (χ1n) is 8.65. The smallest absolute Gasteiger partial charge is 0.319 e. The molecule has 3 aromatic rings. The third kappa shape index (κ3) is 5.46. The Morgan fingerprint density at radius 3 is 2.19 bits per heavy atom. The van der Waals surface area contributed by atoms with Gasteiger partial charge in [-0.05, 0) is 35.9 Å². The molecule has 0 spiro atoms. The van der Waals surface area contributed by atoms with Crippen molar-refractivity contribution in [1.82, 2.24) is 5.32 Å². The fourth-order valence-corrected chi connectivity index (χ4v) is 2.59. The van der Waals surface area contributed by atoms with Crippen LogP contribution >= 0.6 is 0 Å². The van der Waals surface area contributed by atoms with Gasteiger partial charge in [-0.3, -0.25) is 0 Å². The Balaban J connectivity index is 1.65. The van der Waals surface area contributed by atoms with Gasteiger partial charge < -0.3 is 15.7 Å². The van der Waals surface area contributed by atoms with Crippen molar-refractivity contribution in [3.8, 4) is 11.8 Å². The van der Waals surface area contributed by atoms with Gasteiger partial charge in [0, 0.05) is 16.8 Å². The van der Waals surface area contributed by atoms with Crippen LogP contribution in [0, 0.1) is 11.8 Å². The molecule has 0 aliphatic carbocycles. The third-order valence-electron chi connectivity index (χ3n) is 3.94. The monoisotopic (exact) mass is 356 g/mol. The van der Waals surface area contributed by atoms with Crippen LogP contribution in [-0.4, -0.2) is 17.7 Å². The normalized spacial score (nSPS) is 11.0. The number of hydrogen-bond donors (Lipinski definition) is 3. The summed E-state index contributed by atoms with van der Waals surface area (Å²) in [6.07, 6.45) is 0. The van der Waals surface area contributed by atoms with E-state index in [1.165, 1.54) is 0 Å². The van der Waals surface area contributed by atoms with Crippen LogP contribution in [-0.2, 0) is 0 Å². The van der Waals surface area contributed by atoms with E-state index < -0.39 is 6.04 Å². The van der Waals surface area contributed by atoms with Crippen LogP contribution < -0.4 is 10.6 Å². The molecule has 1 atom stereocenters. The maximum absolute atomic E-state index is 12.3. The van der Waals surface area contributed by atoms with Gasteiger partial charge in [0.2, 0.25) is 0 Å². The molecule has 2 amide bonds. The molecular formula is C23H20N2O2. The van der Waals surface area contributed by atoms with Crippen LogP contribution in [0.4, 0.5) is 10.5 Å². The summed E-state index contributed by atoms with van der Waals surface area (Å²) in [6, 6.07) is 25.6. The number of rotatable bonds is 4. The quantitative estimate of drug-likeness (QED) is 0.620. The minimum atomic E-state index is -0.466. The van der Waals surface area contributed by atoms with Crippen molar-refractivity contribution in [2.45, 2.75) is 6.04 Å². The third-order valence-corrected chi connectivity index (χ3v) is 3.94. The Hall–Kier alpha value is -3.55. The van der Waals surface area contributed by atoms with E-state index in [9.17, 15) is 9.90 Å². The molecule has 3 aromatic carbocycles. The van der Waals surface area contributed by atoms with Crippen LogP contribution in [0.1, 0.15) is 22.7 Å². The Labute approximate surface area is 158 Å². The molecule has 3 N–H and O–H groups in total. The zero-order chi connectivity index (χ0) is 18.9. The van der Waals surface area contributed by atoms with E-state index in [1.807, 2.05) is 78.9 Å². The number of benzene rings is 3. The van der Waals surface area contributed by atoms with E-state index >= 15 is 0 Å². The van der Waals surface area contributed by atoms with Crippen molar-refractivity contribution in [3.05, 3.63) is 102 Å². The molecule has 0 saturated carbocycles. The Bertz CT molecular complexity index is 944. The van der Waals surface area contributed by atoms with Crippen molar-refractivity contribution in [3.63, 3.8) is 0 Å². The van der Waals surface area contributed by atoms with Gasteiger partial charge in [0.25, 0.3) is 0 Å². The fraction of sp³-hybridized carbons (Fsp3) is 0.0870. The Kier molecular flexibility index (Phi) is 6.24. The molecule has 0 aliphatic rings. The molecule has 4 heteroatoms. The molecule has 0 radical (unpaired) electrons. The van der Waals surface area contributed by atoms with Gasteiger partial charge in [-0.15, -0.1) is 0 Å². The van der Waals surface area contributed by atoms with Gasteiger partial charge in [-0.25, -0.2) is 4.79 Å². The highest BCUT2D eigenvalue weighted by Crippen LogP contribution is 2.13. The summed E-state index contributed by atoms with van der Waals surface area (Å²) in [4.78, 5) is 12.3. The summed E-state index contributed by atoms with van der Waals surface area (Å²) in [5.41, 5.74) is 3.22. The first-order valence-corrected chi connectivity index (χ1v) is 8.65. The highest BCUT2D eigenvalue weighted by molar-refractivity contribution is 5.89. The lowest BCUT2D eigenvalue weighted by Gasteiger charge is -2.17. The average molecular weight is 356 g/mol. The van der Waals surface area contributed by atoms with E-state index in [-0.39, 0.29) is 12.6 Å². The van der Waals surface area contributed by atoms with Crippen molar-refractivity contribution in [2.75, 3.05) is 11.9 Å². The standard InChI is InChI=1S/C23H20N2O2/c26-17-22(20-11-5-2-6-12-20)25-23(27)24-21-13-7-10-19(16-21)15-14-18-8-3-1-4-9-18/h1-13,16,22,26H,17H2,(H2,24,25,27). The molecule has 0 heterocycles. The largest absolute Gasteiger partial charge is 0.394 e. The van der Waals surface area contributed by atoms with Crippen LogP contribution in [0.5, 0.6) is 0 Å². The van der Waals surface area contributed by atoms with Crippen LogP contribution in [0.25, 0.3) is 0 Å². The number of anilines is 1. The van der Waals surface area contributed by atoms with Crippen LogP contribution in [0.15, 0.2) is 84.9 Å². The first-order chi connectivity index (χ1) is 13.2. The topological polar surface area (TPSA) is 61.4 Å². The Morgan fingerprint density at radius 1 is 0.852 bits per heavy atom. The number of urea groups is 1. The molecule has 27 heavy (non-hydrogen) atoms. The molecule has 0 aliphatic heterocycles. The minimum Gasteiger partial charge on any atom is -0.394 e. The van der Waals surface area contributed by atoms with Crippen molar-refractivity contribution in [2.24, 2.45) is 0 Å². The van der Waals surface area contributed by atoms with Crippen LogP contribution in [0.2, 0.25) is 0 Å². The lowest BCUT2D eigenvalue weighted by Crippen LogP contribution is -2.34. The SMILES string of the molecule is O=C(Nc1cccc(C#Cc2ccccc2)c1)NC(CO)c1ccccc1. The van der Waals surface area contributed by atoms with Crippen molar-refractivity contribution >= 4 is 11.7 Å². The number of carbonyl (C=O) groups excluding carboxylic acids is 1. The van der Waals surface area contributed by atoms with E-state index in [4.69, 9.17) is 0 Å². The molecule has 4 nitrogen and oxygen atoms in total. The zero-order valence-corrected chi connectivity index (χ0v) is 14.7. The van der Waals surface area contributed by atoms with Gasteiger partial charge >= 0.3 is 6.03 Å². The summed E-state index contributed by atoms with van der Waals surface area (Å²) >= 11 is 0. The maximum Gasteiger partial charge on any atom is 0.319 e. The van der Waals surface area contributed by atoms with Crippen molar-refractivity contribution in [1.29, 1.82) is 0 Å². The second-order valence-corrected chi connectivity index (χ2v) is 5.94. The molecule has 0 fully saturated rings. The molecule has 3 rings (SSSR count). The molecule has 1 unspecified atom stereocenters. The van der Waals surface area contributed by atoms with E-state index in [1.54, 1.807) is 6.07 Å². The number of aliphatic hydroxyl groups is 1. The number of hydrogen-bond acceptors (Lipinski definition) is 2. The molecule has 0 saturated heterocycles. The van der Waals surface area contributed by atoms with Crippen molar-refractivity contribution < 1.29 is 9.90 Å². The predicted molar refractivity (Wildman–Crippen MR) is 107 cm³/mol. The van der Waals surface area contributed by atoms with E-state index in [2.05, 4.69) is 22.5 Å².